The number of rotatable bonds is 7. The van der Waals surface area contributed by atoms with Crippen molar-refractivity contribution in [3.63, 3.8) is 0 Å². The molecule has 7 heteroatoms. The number of anilines is 1. The van der Waals surface area contributed by atoms with Crippen molar-refractivity contribution >= 4 is 34.7 Å². The number of amides is 1. The Morgan fingerprint density at radius 1 is 1.29 bits per heavy atom. The van der Waals surface area contributed by atoms with Crippen LogP contribution in [0.1, 0.15) is 21.6 Å². The zero-order valence-electron chi connectivity index (χ0n) is 16.6. The van der Waals surface area contributed by atoms with Crippen LogP contribution in [0.5, 0.6) is 0 Å². The second kappa shape index (κ2) is 8.75. The van der Waals surface area contributed by atoms with E-state index in [-0.39, 0.29) is 11.7 Å². The van der Waals surface area contributed by atoms with Gasteiger partial charge in [-0.05, 0) is 50.5 Å². The van der Waals surface area contributed by atoms with Gasteiger partial charge in [0.2, 0.25) is 5.91 Å². The van der Waals surface area contributed by atoms with Crippen LogP contribution in [-0.4, -0.2) is 26.4 Å². The topological polar surface area (TPSA) is 59.8 Å². The van der Waals surface area contributed by atoms with Crippen molar-refractivity contribution in [2.24, 2.45) is 0 Å². The molecule has 0 bridgehead atoms. The van der Waals surface area contributed by atoms with Crippen LogP contribution in [0, 0.1) is 27.7 Å². The van der Waals surface area contributed by atoms with Crippen LogP contribution in [0.25, 0.3) is 11.4 Å². The molecule has 146 valence electrons. The van der Waals surface area contributed by atoms with Crippen LogP contribution in [-0.2, 0) is 11.3 Å². The van der Waals surface area contributed by atoms with E-state index in [9.17, 15) is 4.79 Å². The van der Waals surface area contributed by atoms with E-state index in [1.54, 1.807) is 11.3 Å². The van der Waals surface area contributed by atoms with Gasteiger partial charge in [-0.15, -0.1) is 28.1 Å². The minimum absolute atomic E-state index is 0.0593. The Kier molecular flexibility index (Phi) is 6.36. The number of benzene rings is 1. The smallest absolute Gasteiger partial charge is 0.234 e. The molecule has 0 unspecified atom stereocenters. The molecule has 5 nitrogen and oxygen atoms in total. The highest BCUT2D eigenvalue weighted by Crippen LogP contribution is 2.31. The predicted octanol–water partition coefficient (Wildman–Crippen LogP) is 5.16. The Balaban J connectivity index is 1.75. The van der Waals surface area contributed by atoms with Gasteiger partial charge in [0.15, 0.2) is 11.0 Å². The molecule has 0 atom stereocenters. The first-order valence-corrected chi connectivity index (χ1v) is 10.9. The van der Waals surface area contributed by atoms with Gasteiger partial charge in [0.05, 0.1) is 5.75 Å². The Labute approximate surface area is 173 Å². The standard InChI is InChI=1S/C21H24N4OS2/c1-6-9-25-20(17-11-27-16(5)15(17)4)23-24-21(25)28-12-19(26)22-18-10-13(2)7-8-14(18)3/h6-8,10-11H,1,9,12H2,2-5H3,(H,22,26). The summed E-state index contributed by atoms with van der Waals surface area (Å²) in [4.78, 5) is 13.7. The summed E-state index contributed by atoms with van der Waals surface area (Å²) in [6.07, 6.45) is 1.82. The monoisotopic (exact) mass is 412 g/mol. The van der Waals surface area contributed by atoms with Gasteiger partial charge in [-0.2, -0.15) is 0 Å². The van der Waals surface area contributed by atoms with Crippen LogP contribution in [0.4, 0.5) is 5.69 Å². The zero-order chi connectivity index (χ0) is 20.3. The van der Waals surface area contributed by atoms with E-state index in [4.69, 9.17) is 0 Å². The molecule has 2 aromatic heterocycles. The number of carbonyl (C=O) groups excluding carboxylic acids is 1. The van der Waals surface area contributed by atoms with Gasteiger partial charge in [0, 0.05) is 28.1 Å². The molecule has 0 fully saturated rings. The maximum Gasteiger partial charge on any atom is 0.234 e. The average Bonchev–Trinajstić information content (AvgIpc) is 3.20. The van der Waals surface area contributed by atoms with Crippen LogP contribution >= 0.6 is 23.1 Å². The summed E-state index contributed by atoms with van der Waals surface area (Å²) in [5.74, 6) is 1.03. The maximum absolute atomic E-state index is 12.4. The molecule has 1 aromatic carbocycles. The molecule has 0 aliphatic carbocycles. The van der Waals surface area contributed by atoms with Crippen molar-refractivity contribution < 1.29 is 4.79 Å². The molecule has 0 spiro atoms. The van der Waals surface area contributed by atoms with E-state index in [0.717, 1.165) is 28.2 Å². The van der Waals surface area contributed by atoms with Crippen molar-refractivity contribution in [1.82, 2.24) is 14.8 Å². The first-order chi connectivity index (χ1) is 13.4. The molecule has 0 saturated heterocycles. The minimum atomic E-state index is -0.0593. The van der Waals surface area contributed by atoms with Crippen molar-refractivity contribution in [3.8, 4) is 11.4 Å². The first-order valence-electron chi connectivity index (χ1n) is 8.99. The predicted molar refractivity (Wildman–Crippen MR) is 118 cm³/mol. The minimum Gasteiger partial charge on any atom is -0.325 e. The molecule has 3 rings (SSSR count). The van der Waals surface area contributed by atoms with Crippen molar-refractivity contribution in [1.29, 1.82) is 0 Å². The fraction of sp³-hybridized carbons (Fsp3) is 0.286. The molecule has 1 amide bonds. The van der Waals surface area contributed by atoms with Crippen molar-refractivity contribution in [2.75, 3.05) is 11.1 Å². The first kappa shape index (κ1) is 20.4. The van der Waals surface area contributed by atoms with Crippen LogP contribution in [0.2, 0.25) is 0 Å². The Morgan fingerprint density at radius 2 is 2.07 bits per heavy atom. The van der Waals surface area contributed by atoms with Crippen LogP contribution in [0.15, 0.2) is 41.4 Å². The third-order valence-electron chi connectivity index (χ3n) is 4.55. The number of thioether (sulfide) groups is 1. The summed E-state index contributed by atoms with van der Waals surface area (Å²) in [6, 6.07) is 6.03. The van der Waals surface area contributed by atoms with E-state index < -0.39 is 0 Å². The van der Waals surface area contributed by atoms with Gasteiger partial charge in [-0.3, -0.25) is 9.36 Å². The fourth-order valence-corrected chi connectivity index (χ4v) is 4.42. The quantitative estimate of drug-likeness (QED) is 0.430. The maximum atomic E-state index is 12.4. The Hall–Kier alpha value is -2.38. The van der Waals surface area contributed by atoms with Crippen molar-refractivity contribution in [3.05, 3.63) is 57.8 Å². The SMILES string of the molecule is C=CCn1c(SCC(=O)Nc2cc(C)ccc2C)nnc1-c1csc(C)c1C. The van der Waals surface area contributed by atoms with Gasteiger partial charge >= 0.3 is 0 Å². The number of aromatic nitrogens is 3. The number of nitrogens with one attached hydrogen (secondary N) is 1. The molecule has 0 radical (unpaired) electrons. The number of hydrogen-bond donors (Lipinski definition) is 1. The summed E-state index contributed by atoms with van der Waals surface area (Å²) in [7, 11) is 0. The van der Waals surface area contributed by atoms with Crippen LogP contribution in [0.3, 0.4) is 0 Å². The number of hydrogen-bond acceptors (Lipinski definition) is 5. The highest BCUT2D eigenvalue weighted by Gasteiger charge is 2.18. The Bertz CT molecular complexity index is 1020. The number of allylic oxidation sites excluding steroid dienone is 1. The lowest BCUT2D eigenvalue weighted by Crippen LogP contribution is -2.15. The van der Waals surface area contributed by atoms with E-state index in [1.807, 2.05) is 42.7 Å². The molecule has 0 aliphatic heterocycles. The van der Waals surface area contributed by atoms with Crippen molar-refractivity contribution in [2.45, 2.75) is 39.4 Å². The number of aryl methyl sites for hydroxylation is 3. The molecule has 2 heterocycles. The molecule has 0 aliphatic rings. The third kappa shape index (κ3) is 4.36. The van der Waals surface area contributed by atoms with E-state index in [1.165, 1.54) is 22.2 Å². The Morgan fingerprint density at radius 3 is 2.75 bits per heavy atom. The van der Waals surface area contributed by atoms with Gasteiger partial charge in [0.1, 0.15) is 0 Å². The molecular weight excluding hydrogens is 388 g/mol. The highest BCUT2D eigenvalue weighted by atomic mass is 32.2. The van der Waals surface area contributed by atoms with Gasteiger partial charge in [-0.1, -0.05) is 30.0 Å². The normalized spacial score (nSPS) is 10.9. The van der Waals surface area contributed by atoms with E-state index >= 15 is 0 Å². The third-order valence-corrected chi connectivity index (χ3v) is 6.53. The average molecular weight is 413 g/mol. The van der Waals surface area contributed by atoms with E-state index in [0.29, 0.717) is 11.7 Å². The highest BCUT2D eigenvalue weighted by molar-refractivity contribution is 7.99. The lowest BCUT2D eigenvalue weighted by molar-refractivity contribution is -0.113. The van der Waals surface area contributed by atoms with E-state index in [2.05, 4.69) is 41.3 Å². The molecule has 1 N–H and O–H groups in total. The van der Waals surface area contributed by atoms with Gasteiger partial charge in [-0.25, -0.2) is 0 Å². The molecule has 28 heavy (non-hydrogen) atoms. The lowest BCUT2D eigenvalue weighted by Gasteiger charge is -2.10. The summed E-state index contributed by atoms with van der Waals surface area (Å²) in [5.41, 5.74) is 5.31. The summed E-state index contributed by atoms with van der Waals surface area (Å²) >= 11 is 3.09. The zero-order valence-corrected chi connectivity index (χ0v) is 18.2. The second-order valence-corrected chi connectivity index (χ2v) is 8.72. The lowest BCUT2D eigenvalue weighted by atomic mass is 10.1. The number of nitrogens with zero attached hydrogens (tertiary/aromatic N) is 3. The number of thiophene rings is 1. The summed E-state index contributed by atoms with van der Waals surface area (Å²) in [6.45, 7) is 12.6. The summed E-state index contributed by atoms with van der Waals surface area (Å²) in [5, 5.41) is 14.5. The van der Waals surface area contributed by atoms with Gasteiger partial charge < -0.3 is 5.32 Å². The molecular formula is C21H24N4OS2. The molecule has 0 saturated carbocycles. The second-order valence-electron chi connectivity index (χ2n) is 6.69. The summed E-state index contributed by atoms with van der Waals surface area (Å²) < 4.78 is 2.01. The largest absolute Gasteiger partial charge is 0.325 e. The van der Waals surface area contributed by atoms with Gasteiger partial charge in [0.25, 0.3) is 0 Å². The number of carbonyl (C=O) groups is 1. The molecule has 3 aromatic rings. The van der Waals surface area contributed by atoms with Crippen LogP contribution < -0.4 is 5.32 Å². The fourth-order valence-electron chi connectivity index (χ4n) is 2.81.